The smallest absolute Gasteiger partial charge is 0.0546 e. The van der Waals surface area contributed by atoms with Crippen LogP contribution in [0.5, 0.6) is 0 Å². The van der Waals surface area contributed by atoms with E-state index in [4.69, 9.17) is 0 Å². The number of nitrogens with zero attached hydrogens (tertiary/aromatic N) is 1. The fourth-order valence-corrected chi connectivity index (χ4v) is 8.61. The second-order valence-electron chi connectivity index (χ2n) is 15.0. The Kier molecular flexibility index (Phi) is 7.56. The van der Waals surface area contributed by atoms with Gasteiger partial charge in [-0.05, 0) is 108 Å². The minimum atomic E-state index is -0.186. The highest BCUT2D eigenvalue weighted by Gasteiger charge is 2.36. The summed E-state index contributed by atoms with van der Waals surface area (Å²) < 4.78 is 0. The van der Waals surface area contributed by atoms with E-state index in [1.165, 1.54) is 82.9 Å². The van der Waals surface area contributed by atoms with Crippen molar-refractivity contribution in [3.8, 4) is 44.5 Å². The predicted molar refractivity (Wildman–Crippen MR) is 230 cm³/mol. The monoisotopic (exact) mass is 689 g/mol. The van der Waals surface area contributed by atoms with E-state index in [-0.39, 0.29) is 5.41 Å². The van der Waals surface area contributed by atoms with E-state index >= 15 is 0 Å². The lowest BCUT2D eigenvalue weighted by Gasteiger charge is -2.29. The molecule has 0 saturated carbocycles. The summed E-state index contributed by atoms with van der Waals surface area (Å²) in [4.78, 5) is 2.46. The highest BCUT2D eigenvalue weighted by atomic mass is 15.1. The van der Waals surface area contributed by atoms with Gasteiger partial charge in [-0.25, -0.2) is 0 Å². The molecule has 0 aliphatic heterocycles. The van der Waals surface area contributed by atoms with Crippen LogP contribution in [0.4, 0.5) is 17.1 Å². The molecule has 0 aromatic heterocycles. The van der Waals surface area contributed by atoms with Gasteiger partial charge in [0.15, 0.2) is 0 Å². The molecule has 0 heterocycles. The first-order valence-corrected chi connectivity index (χ1v) is 18.8. The van der Waals surface area contributed by atoms with E-state index in [0.717, 1.165) is 11.4 Å². The summed E-state index contributed by atoms with van der Waals surface area (Å²) in [5, 5.41) is 4.99. The van der Waals surface area contributed by atoms with Gasteiger partial charge in [0.25, 0.3) is 0 Å². The molecule has 0 saturated heterocycles. The molecule has 0 fully saturated rings. The van der Waals surface area contributed by atoms with Crippen LogP contribution in [0.25, 0.3) is 66.1 Å². The third-order valence-electron chi connectivity index (χ3n) is 11.5. The summed E-state index contributed by atoms with van der Waals surface area (Å²) in [6.45, 7) is 4.77. The first-order valence-electron chi connectivity index (χ1n) is 18.8. The zero-order valence-electron chi connectivity index (χ0n) is 30.5. The first-order chi connectivity index (χ1) is 26.5. The van der Waals surface area contributed by atoms with Crippen LogP contribution in [0.15, 0.2) is 200 Å². The van der Waals surface area contributed by atoms with E-state index in [1.807, 2.05) is 0 Å². The molecular formula is C53H39N. The number of benzene rings is 9. The molecule has 10 rings (SSSR count). The Hall–Kier alpha value is -6.70. The molecule has 54 heavy (non-hydrogen) atoms. The third-order valence-corrected chi connectivity index (χ3v) is 11.5. The lowest BCUT2D eigenvalue weighted by molar-refractivity contribution is 0.660. The minimum absolute atomic E-state index is 0.186. The summed E-state index contributed by atoms with van der Waals surface area (Å²) in [6, 6.07) is 73.4. The van der Waals surface area contributed by atoms with Crippen LogP contribution < -0.4 is 4.90 Å². The average molecular weight is 690 g/mol. The first kappa shape index (κ1) is 32.0. The second-order valence-corrected chi connectivity index (χ2v) is 15.0. The van der Waals surface area contributed by atoms with Gasteiger partial charge in [0.1, 0.15) is 0 Å². The Balaban J connectivity index is 1.09. The van der Waals surface area contributed by atoms with Crippen LogP contribution >= 0.6 is 0 Å². The van der Waals surface area contributed by atoms with Crippen LogP contribution in [0.2, 0.25) is 0 Å². The van der Waals surface area contributed by atoms with Crippen LogP contribution in [0.3, 0.4) is 0 Å². The predicted octanol–water partition coefficient (Wildman–Crippen LogP) is 14.8. The molecule has 9 aromatic carbocycles. The molecule has 9 aromatic rings. The number of rotatable bonds is 6. The molecule has 0 spiro atoms. The molecular weight excluding hydrogens is 651 g/mol. The molecule has 1 nitrogen and oxygen atoms in total. The van der Waals surface area contributed by atoms with Crippen molar-refractivity contribution >= 4 is 38.6 Å². The van der Waals surface area contributed by atoms with Gasteiger partial charge in [-0.15, -0.1) is 0 Å². The zero-order chi connectivity index (χ0) is 36.2. The Morgan fingerprint density at radius 2 is 0.778 bits per heavy atom. The van der Waals surface area contributed by atoms with Crippen LogP contribution in [-0.2, 0) is 5.41 Å². The largest absolute Gasteiger partial charge is 0.310 e. The minimum Gasteiger partial charge on any atom is -0.310 e. The van der Waals surface area contributed by atoms with Gasteiger partial charge in [-0.2, -0.15) is 0 Å². The van der Waals surface area contributed by atoms with E-state index in [2.05, 4.69) is 219 Å². The lowest BCUT2D eigenvalue weighted by Crippen LogP contribution is -2.17. The number of hydrogen-bond acceptors (Lipinski definition) is 1. The van der Waals surface area contributed by atoms with Gasteiger partial charge in [-0.3, -0.25) is 0 Å². The summed E-state index contributed by atoms with van der Waals surface area (Å²) in [6.07, 6.45) is 0. The van der Waals surface area contributed by atoms with Crippen LogP contribution in [-0.4, -0.2) is 0 Å². The number of anilines is 3. The van der Waals surface area contributed by atoms with Crippen molar-refractivity contribution in [2.75, 3.05) is 4.90 Å². The highest BCUT2D eigenvalue weighted by Crippen LogP contribution is 2.52. The maximum Gasteiger partial charge on any atom is 0.0546 e. The van der Waals surface area contributed by atoms with E-state index in [1.54, 1.807) is 0 Å². The normalized spacial score (nSPS) is 12.8. The van der Waals surface area contributed by atoms with Gasteiger partial charge in [0.2, 0.25) is 0 Å². The molecule has 0 bridgehead atoms. The lowest BCUT2D eigenvalue weighted by atomic mass is 9.81. The SMILES string of the molecule is CC1(C)c2cc(-c3ccc(-c4ccccc4)cc3)ccc2-c2ccc(N(c3ccc(-c4ccccc4)cc3)c3cc4ccccc4c4ccccc34)cc21. The Morgan fingerprint density at radius 1 is 0.333 bits per heavy atom. The molecule has 1 aliphatic rings. The average Bonchev–Trinajstić information content (AvgIpc) is 3.46. The number of fused-ring (bicyclic) bond motifs is 6. The van der Waals surface area contributed by atoms with Gasteiger partial charge >= 0.3 is 0 Å². The Morgan fingerprint density at radius 3 is 1.43 bits per heavy atom. The standard InChI is InChI=1S/C53H39N/c1-53(2)50-33-41(40-23-21-38(22-24-40)36-13-5-3-6-14-36)27-31-47(50)48-32-30-44(35-51(48)53)54(43-28-25-39(26-29-43)37-15-7-4-8-16-37)52-34-42-17-9-10-18-45(42)46-19-11-12-20-49(46)52/h3-35H,1-2H3. The quantitative estimate of drug-likeness (QED) is 0.157. The second kappa shape index (κ2) is 12.8. The van der Waals surface area contributed by atoms with Crippen molar-refractivity contribution in [1.82, 2.24) is 0 Å². The van der Waals surface area contributed by atoms with Crippen molar-refractivity contribution in [2.24, 2.45) is 0 Å². The summed E-state index contributed by atoms with van der Waals surface area (Å²) in [7, 11) is 0. The fraction of sp³-hybridized carbons (Fsp3) is 0.0566. The van der Waals surface area contributed by atoms with Crippen LogP contribution in [0.1, 0.15) is 25.0 Å². The molecule has 0 amide bonds. The highest BCUT2D eigenvalue weighted by molar-refractivity contribution is 6.14. The molecule has 1 aliphatic carbocycles. The van der Waals surface area contributed by atoms with Crippen molar-refractivity contribution < 1.29 is 0 Å². The Bertz CT molecular complexity index is 2810. The van der Waals surface area contributed by atoms with Gasteiger partial charge in [-0.1, -0.05) is 178 Å². The molecule has 0 N–H and O–H groups in total. The van der Waals surface area contributed by atoms with E-state index in [9.17, 15) is 0 Å². The van der Waals surface area contributed by atoms with Crippen molar-refractivity contribution in [3.05, 3.63) is 211 Å². The zero-order valence-corrected chi connectivity index (χ0v) is 30.5. The van der Waals surface area contributed by atoms with E-state index < -0.39 is 0 Å². The van der Waals surface area contributed by atoms with Crippen molar-refractivity contribution in [2.45, 2.75) is 19.3 Å². The molecule has 256 valence electrons. The summed E-state index contributed by atoms with van der Waals surface area (Å²) >= 11 is 0. The summed E-state index contributed by atoms with van der Waals surface area (Å²) in [5.74, 6) is 0. The van der Waals surface area contributed by atoms with Crippen molar-refractivity contribution in [1.29, 1.82) is 0 Å². The summed E-state index contributed by atoms with van der Waals surface area (Å²) in [5.41, 5.74) is 16.0. The van der Waals surface area contributed by atoms with Crippen LogP contribution in [0, 0.1) is 0 Å². The third kappa shape index (κ3) is 5.32. The fourth-order valence-electron chi connectivity index (χ4n) is 8.61. The number of hydrogen-bond donors (Lipinski definition) is 0. The molecule has 0 radical (unpaired) electrons. The van der Waals surface area contributed by atoms with Gasteiger partial charge in [0, 0.05) is 22.2 Å². The topological polar surface area (TPSA) is 3.24 Å². The van der Waals surface area contributed by atoms with Crippen molar-refractivity contribution in [3.63, 3.8) is 0 Å². The maximum absolute atomic E-state index is 2.46. The molecule has 0 atom stereocenters. The Labute approximate surface area is 317 Å². The maximum atomic E-state index is 2.46. The van der Waals surface area contributed by atoms with Gasteiger partial charge < -0.3 is 4.90 Å². The molecule has 0 unspecified atom stereocenters. The molecule has 1 heteroatoms. The van der Waals surface area contributed by atoms with E-state index in [0.29, 0.717) is 0 Å². The van der Waals surface area contributed by atoms with Gasteiger partial charge in [0.05, 0.1) is 5.69 Å².